The van der Waals surface area contributed by atoms with E-state index in [1.807, 2.05) is 0 Å². The van der Waals surface area contributed by atoms with Gasteiger partial charge < -0.3 is 15.0 Å². The first-order chi connectivity index (χ1) is 14.3. The minimum Gasteiger partial charge on any atom is -0.444 e. The van der Waals surface area contributed by atoms with E-state index in [2.05, 4.69) is 10.3 Å². The third-order valence-electron chi connectivity index (χ3n) is 4.48. The molecule has 2 aliphatic heterocycles. The van der Waals surface area contributed by atoms with E-state index in [-0.39, 0.29) is 35.8 Å². The highest BCUT2D eigenvalue weighted by Gasteiger charge is 2.49. The van der Waals surface area contributed by atoms with Crippen LogP contribution in [0.2, 0.25) is 10.0 Å². The van der Waals surface area contributed by atoms with Crippen LogP contribution in [0, 0.1) is 0 Å². The largest absolute Gasteiger partial charge is 0.444 e. The molecule has 0 spiro atoms. The highest BCUT2D eigenvalue weighted by Crippen LogP contribution is 2.42. The van der Waals surface area contributed by atoms with Gasteiger partial charge in [-0.2, -0.15) is 4.99 Å². The molecule has 0 bridgehead atoms. The van der Waals surface area contributed by atoms with Gasteiger partial charge in [0.25, 0.3) is 0 Å². The number of amidine groups is 1. The molecular formula is C19H23Cl2N3O5S2. The zero-order valence-corrected chi connectivity index (χ0v) is 20.4. The number of carbonyl (C=O) groups is 2. The Kier molecular flexibility index (Phi) is 7.15. The number of halogens is 2. The summed E-state index contributed by atoms with van der Waals surface area (Å²) in [6, 6.07) is 4.61. The molecule has 2 saturated heterocycles. The van der Waals surface area contributed by atoms with Gasteiger partial charge in [0.1, 0.15) is 5.60 Å². The standard InChI is InChI=1S/C19H23Cl2N3O5S2/c1-19(2,3)29-18(26)22-7-6-16(25)23-17-24(11-4-5-12(20)13(21)8-11)14-9-31(27,28)10-15(14)30-17/h4-5,8,14-15H,6-7,9-10H2,1-3H3,(H,22,26)/t14-,15+/m0/s1. The second kappa shape index (κ2) is 9.17. The summed E-state index contributed by atoms with van der Waals surface area (Å²) in [5.41, 5.74) is -0.0160. The lowest BCUT2D eigenvalue weighted by molar-refractivity contribution is -0.117. The lowest BCUT2D eigenvalue weighted by Gasteiger charge is -2.24. The molecule has 2 atom stereocenters. The molecule has 2 amide bonds. The van der Waals surface area contributed by atoms with Crippen LogP contribution in [0.1, 0.15) is 27.2 Å². The summed E-state index contributed by atoms with van der Waals surface area (Å²) < 4.78 is 29.4. The van der Waals surface area contributed by atoms with E-state index in [0.29, 0.717) is 20.9 Å². The van der Waals surface area contributed by atoms with Crippen molar-refractivity contribution in [1.82, 2.24) is 5.32 Å². The monoisotopic (exact) mass is 507 g/mol. The van der Waals surface area contributed by atoms with Crippen LogP contribution >= 0.6 is 35.0 Å². The van der Waals surface area contributed by atoms with Crippen molar-refractivity contribution in [3.8, 4) is 0 Å². The summed E-state index contributed by atoms with van der Waals surface area (Å²) in [5, 5.41) is 3.39. The van der Waals surface area contributed by atoms with Gasteiger partial charge in [-0.15, -0.1) is 0 Å². The number of amides is 2. The fraction of sp³-hybridized carbons (Fsp3) is 0.526. The molecule has 31 heavy (non-hydrogen) atoms. The number of carbonyl (C=O) groups excluding carboxylic acids is 2. The molecule has 0 saturated carbocycles. The summed E-state index contributed by atoms with van der Waals surface area (Å²) in [7, 11) is -3.18. The van der Waals surface area contributed by atoms with Crippen LogP contribution in [0.3, 0.4) is 0 Å². The SMILES string of the molecule is CC(C)(C)OC(=O)NCCC(=O)N=C1S[C@@H]2CS(=O)(=O)C[C@@H]2N1c1ccc(Cl)c(Cl)c1. The van der Waals surface area contributed by atoms with Crippen LogP contribution in [0.4, 0.5) is 10.5 Å². The van der Waals surface area contributed by atoms with Crippen molar-refractivity contribution in [3.63, 3.8) is 0 Å². The average Bonchev–Trinajstić information content (AvgIpc) is 3.06. The summed E-state index contributed by atoms with van der Waals surface area (Å²) >= 11 is 13.4. The molecule has 12 heteroatoms. The maximum absolute atomic E-state index is 12.4. The number of anilines is 1. The van der Waals surface area contributed by atoms with Crippen LogP contribution in [-0.2, 0) is 19.4 Å². The lowest BCUT2D eigenvalue weighted by Crippen LogP contribution is -2.37. The van der Waals surface area contributed by atoms with Gasteiger partial charge in [0, 0.05) is 23.9 Å². The van der Waals surface area contributed by atoms with Crippen LogP contribution in [0.25, 0.3) is 0 Å². The van der Waals surface area contributed by atoms with Gasteiger partial charge in [-0.05, 0) is 39.0 Å². The Bertz CT molecular complexity index is 1020. The van der Waals surface area contributed by atoms with Crippen LogP contribution in [0.15, 0.2) is 23.2 Å². The first kappa shape index (κ1) is 24.2. The van der Waals surface area contributed by atoms with Crippen molar-refractivity contribution in [3.05, 3.63) is 28.2 Å². The zero-order chi connectivity index (χ0) is 23.0. The molecule has 2 heterocycles. The minimum absolute atomic E-state index is 0.0214. The van der Waals surface area contributed by atoms with E-state index in [1.54, 1.807) is 43.9 Å². The first-order valence-corrected chi connectivity index (χ1v) is 13.0. The molecule has 170 valence electrons. The quantitative estimate of drug-likeness (QED) is 0.664. The van der Waals surface area contributed by atoms with Crippen LogP contribution in [0.5, 0.6) is 0 Å². The Labute approximate surface area is 195 Å². The number of benzene rings is 1. The number of nitrogens with one attached hydrogen (secondary N) is 1. The smallest absolute Gasteiger partial charge is 0.407 e. The summed E-state index contributed by atoms with van der Waals surface area (Å²) in [4.78, 5) is 30.1. The number of hydrogen-bond acceptors (Lipinski definition) is 6. The van der Waals surface area contributed by atoms with Crippen molar-refractivity contribution >= 4 is 67.7 Å². The normalized spacial score (nSPS) is 23.6. The molecule has 2 aliphatic rings. The molecule has 8 nitrogen and oxygen atoms in total. The highest BCUT2D eigenvalue weighted by atomic mass is 35.5. The molecule has 0 aliphatic carbocycles. The number of ether oxygens (including phenoxy) is 1. The Morgan fingerprint density at radius 2 is 1.97 bits per heavy atom. The van der Waals surface area contributed by atoms with E-state index in [0.717, 1.165) is 0 Å². The Hall–Kier alpha value is -1.49. The predicted octanol–water partition coefficient (Wildman–Crippen LogP) is 3.51. The number of alkyl carbamates (subject to hydrolysis) is 1. The van der Waals surface area contributed by atoms with E-state index < -0.39 is 27.4 Å². The molecule has 3 rings (SSSR count). The topological polar surface area (TPSA) is 105 Å². The minimum atomic E-state index is -3.18. The second-order valence-electron chi connectivity index (χ2n) is 8.24. The number of sulfone groups is 1. The van der Waals surface area contributed by atoms with Crippen molar-refractivity contribution in [2.24, 2.45) is 4.99 Å². The average molecular weight is 508 g/mol. The van der Waals surface area contributed by atoms with Gasteiger partial charge in [-0.3, -0.25) is 4.79 Å². The van der Waals surface area contributed by atoms with Crippen LogP contribution < -0.4 is 10.2 Å². The van der Waals surface area contributed by atoms with Gasteiger partial charge in [0.15, 0.2) is 15.0 Å². The van der Waals surface area contributed by atoms with E-state index in [4.69, 9.17) is 27.9 Å². The number of aliphatic imine (C=N–C) groups is 1. The highest BCUT2D eigenvalue weighted by molar-refractivity contribution is 8.16. The number of hydrogen-bond donors (Lipinski definition) is 1. The van der Waals surface area contributed by atoms with Gasteiger partial charge in [0.2, 0.25) is 5.91 Å². The molecule has 0 radical (unpaired) electrons. The Balaban J connectivity index is 1.74. The van der Waals surface area contributed by atoms with E-state index >= 15 is 0 Å². The number of rotatable bonds is 4. The fourth-order valence-corrected chi connectivity index (χ4v) is 7.47. The molecule has 0 unspecified atom stereocenters. The third-order valence-corrected chi connectivity index (χ3v) is 8.42. The molecular weight excluding hydrogens is 485 g/mol. The molecule has 1 N–H and O–H groups in total. The fourth-order valence-electron chi connectivity index (χ4n) is 3.25. The zero-order valence-electron chi connectivity index (χ0n) is 17.2. The van der Waals surface area contributed by atoms with Crippen molar-refractivity contribution in [1.29, 1.82) is 0 Å². The maximum atomic E-state index is 12.4. The second-order valence-corrected chi connectivity index (χ2v) is 12.4. The number of nitrogens with zero attached hydrogens (tertiary/aromatic N) is 2. The predicted molar refractivity (Wildman–Crippen MR) is 124 cm³/mol. The number of fused-ring (bicyclic) bond motifs is 1. The van der Waals surface area contributed by atoms with Crippen molar-refractivity contribution in [2.75, 3.05) is 23.0 Å². The summed E-state index contributed by atoms with van der Waals surface area (Å²) in [6.45, 7) is 5.31. The molecule has 2 fully saturated rings. The van der Waals surface area contributed by atoms with Crippen molar-refractivity contribution < 1.29 is 22.7 Å². The summed E-state index contributed by atoms with van der Waals surface area (Å²) in [6.07, 6.45) is -0.632. The van der Waals surface area contributed by atoms with Gasteiger partial charge in [-0.1, -0.05) is 35.0 Å². The Morgan fingerprint density at radius 1 is 1.26 bits per heavy atom. The van der Waals surface area contributed by atoms with Gasteiger partial charge in [0.05, 0.1) is 27.6 Å². The molecule has 1 aromatic rings. The third kappa shape index (κ3) is 6.27. The number of thioether (sulfide) groups is 1. The van der Waals surface area contributed by atoms with Gasteiger partial charge >= 0.3 is 6.09 Å². The van der Waals surface area contributed by atoms with E-state index in [1.165, 1.54) is 11.8 Å². The van der Waals surface area contributed by atoms with Crippen LogP contribution in [-0.4, -0.2) is 60.5 Å². The molecule has 0 aromatic heterocycles. The van der Waals surface area contributed by atoms with Gasteiger partial charge in [-0.25, -0.2) is 13.2 Å². The summed E-state index contributed by atoms with van der Waals surface area (Å²) in [5.74, 6) is -0.447. The Morgan fingerprint density at radius 3 is 2.61 bits per heavy atom. The maximum Gasteiger partial charge on any atom is 0.407 e. The van der Waals surface area contributed by atoms with E-state index in [9.17, 15) is 18.0 Å². The first-order valence-electron chi connectivity index (χ1n) is 9.54. The van der Waals surface area contributed by atoms with Crippen molar-refractivity contribution in [2.45, 2.75) is 44.1 Å². The molecule has 1 aromatic carbocycles. The lowest BCUT2D eigenvalue weighted by atomic mass is 10.2.